The van der Waals surface area contributed by atoms with Crippen LogP contribution in [0.1, 0.15) is 36.8 Å². The number of hydrogen-bond acceptors (Lipinski definition) is 3. The molecule has 2 fully saturated rings. The molecule has 3 aromatic rings. The summed E-state index contributed by atoms with van der Waals surface area (Å²) in [6.07, 6.45) is 8.36. The van der Waals surface area contributed by atoms with Gasteiger partial charge in [-0.3, -0.25) is 4.98 Å². The van der Waals surface area contributed by atoms with E-state index >= 15 is 0 Å². The lowest BCUT2D eigenvalue weighted by molar-refractivity contribution is 0.0173. The van der Waals surface area contributed by atoms with Gasteiger partial charge >= 0.3 is 0 Å². The maximum absolute atomic E-state index is 6.46. The van der Waals surface area contributed by atoms with E-state index in [9.17, 15) is 0 Å². The van der Waals surface area contributed by atoms with Crippen molar-refractivity contribution in [3.63, 3.8) is 0 Å². The largest absolute Gasteiger partial charge is 0.490 e. The molecule has 3 nitrogen and oxygen atoms in total. The van der Waals surface area contributed by atoms with E-state index in [2.05, 4.69) is 45.2 Å². The van der Waals surface area contributed by atoms with Crippen LogP contribution in [0.3, 0.4) is 0 Å². The van der Waals surface area contributed by atoms with Gasteiger partial charge in [-0.05, 0) is 67.1 Å². The summed E-state index contributed by atoms with van der Waals surface area (Å²) in [5, 5.41) is 0.721. The van der Waals surface area contributed by atoms with Crippen LogP contribution in [0.15, 0.2) is 65.4 Å². The molecule has 0 saturated heterocycles. The van der Waals surface area contributed by atoms with Gasteiger partial charge in [-0.25, -0.2) is 0 Å². The lowest BCUT2D eigenvalue weighted by atomic mass is 9.96. The number of ether oxygens (including phenoxy) is 2. The molecular formula is C24H21BrClNO2. The van der Waals surface area contributed by atoms with Crippen molar-refractivity contribution in [2.45, 2.75) is 44.0 Å². The molecule has 1 aromatic heterocycles. The van der Waals surface area contributed by atoms with Crippen LogP contribution >= 0.6 is 27.5 Å². The van der Waals surface area contributed by atoms with Crippen LogP contribution in [0.5, 0.6) is 5.75 Å². The smallest absolute Gasteiger partial charge is 0.127 e. The Morgan fingerprint density at radius 1 is 1.07 bits per heavy atom. The summed E-state index contributed by atoms with van der Waals surface area (Å²) >= 11 is 9.88. The van der Waals surface area contributed by atoms with E-state index in [1.807, 2.05) is 36.7 Å². The Morgan fingerprint density at radius 3 is 2.69 bits per heavy atom. The van der Waals surface area contributed by atoms with Crippen molar-refractivity contribution in [1.82, 2.24) is 4.98 Å². The second kappa shape index (κ2) is 7.75. The van der Waals surface area contributed by atoms with Crippen molar-refractivity contribution >= 4 is 27.5 Å². The molecule has 5 heteroatoms. The van der Waals surface area contributed by atoms with Crippen LogP contribution < -0.4 is 4.74 Å². The zero-order valence-corrected chi connectivity index (χ0v) is 18.2. The quantitative estimate of drug-likeness (QED) is 0.376. The van der Waals surface area contributed by atoms with Crippen molar-refractivity contribution in [2.75, 3.05) is 0 Å². The molecule has 2 aliphatic rings. The number of halogens is 2. The standard InChI is InChI=1S/C24H21BrClNO2/c25-17-5-8-22(26)16(13-17)15-28-24(10-11-24)21-14-27-12-9-19(21)20-3-1-2-4-23(20)29-18-6-7-18/h1-5,8-9,12-14,18H,6-7,10-11,15H2. The molecule has 0 unspecified atom stereocenters. The number of aromatic nitrogens is 1. The van der Waals surface area contributed by atoms with Gasteiger partial charge in [-0.15, -0.1) is 0 Å². The SMILES string of the molecule is Clc1ccc(Br)cc1COC1(c2cnccc2-c2ccccc2OC2CC2)CC1. The van der Waals surface area contributed by atoms with E-state index in [4.69, 9.17) is 21.1 Å². The summed E-state index contributed by atoms with van der Waals surface area (Å²) in [6.45, 7) is 0.465. The molecular weight excluding hydrogens is 450 g/mol. The lowest BCUT2D eigenvalue weighted by Gasteiger charge is -2.22. The van der Waals surface area contributed by atoms with Gasteiger partial charge in [-0.2, -0.15) is 0 Å². The third-order valence-electron chi connectivity index (χ3n) is 5.52. The topological polar surface area (TPSA) is 31.4 Å². The first-order valence-electron chi connectivity index (χ1n) is 9.93. The normalized spacial score (nSPS) is 17.2. The van der Waals surface area contributed by atoms with Gasteiger partial charge in [0.15, 0.2) is 0 Å². The van der Waals surface area contributed by atoms with Crippen LogP contribution in [0, 0.1) is 0 Å². The maximum Gasteiger partial charge on any atom is 0.127 e. The molecule has 0 aliphatic heterocycles. The third kappa shape index (κ3) is 4.07. The van der Waals surface area contributed by atoms with E-state index in [0.29, 0.717) is 12.7 Å². The van der Waals surface area contributed by atoms with Gasteiger partial charge in [0.2, 0.25) is 0 Å². The molecule has 2 aliphatic carbocycles. The van der Waals surface area contributed by atoms with Gasteiger partial charge in [0.05, 0.1) is 18.3 Å². The summed E-state index contributed by atoms with van der Waals surface area (Å²) in [5.41, 5.74) is 4.02. The second-order valence-electron chi connectivity index (χ2n) is 7.75. The Kier molecular flexibility index (Phi) is 5.10. The maximum atomic E-state index is 6.46. The van der Waals surface area contributed by atoms with Gasteiger partial charge < -0.3 is 9.47 Å². The van der Waals surface area contributed by atoms with Crippen molar-refractivity contribution in [3.8, 4) is 16.9 Å². The Balaban J connectivity index is 1.46. The average Bonchev–Trinajstić information content (AvgIpc) is 3.66. The van der Waals surface area contributed by atoms with Crippen molar-refractivity contribution in [2.24, 2.45) is 0 Å². The Morgan fingerprint density at radius 2 is 1.90 bits per heavy atom. The first-order chi connectivity index (χ1) is 14.1. The minimum absolute atomic E-state index is 0.318. The molecule has 0 atom stereocenters. The summed E-state index contributed by atoms with van der Waals surface area (Å²) in [4.78, 5) is 4.41. The highest BCUT2D eigenvalue weighted by Gasteiger charge is 2.47. The molecule has 148 valence electrons. The van der Waals surface area contributed by atoms with Gasteiger partial charge in [0.25, 0.3) is 0 Å². The summed E-state index contributed by atoms with van der Waals surface area (Å²) in [6, 6.07) is 16.2. The fourth-order valence-corrected chi connectivity index (χ4v) is 4.21. The van der Waals surface area contributed by atoms with E-state index in [1.54, 1.807) is 0 Å². The highest BCUT2D eigenvalue weighted by molar-refractivity contribution is 9.10. The number of hydrogen-bond donors (Lipinski definition) is 0. The van der Waals surface area contributed by atoms with Crippen LogP contribution in [0.2, 0.25) is 5.02 Å². The van der Waals surface area contributed by atoms with E-state index in [-0.39, 0.29) is 5.60 Å². The minimum atomic E-state index is -0.318. The monoisotopic (exact) mass is 469 g/mol. The summed E-state index contributed by atoms with van der Waals surface area (Å²) in [7, 11) is 0. The first kappa shape index (κ1) is 19.1. The van der Waals surface area contributed by atoms with Crippen LogP contribution in [-0.2, 0) is 16.9 Å². The van der Waals surface area contributed by atoms with Crippen molar-refractivity contribution in [1.29, 1.82) is 0 Å². The number of rotatable bonds is 7. The highest BCUT2D eigenvalue weighted by Crippen LogP contribution is 2.53. The second-order valence-corrected chi connectivity index (χ2v) is 9.08. The van der Waals surface area contributed by atoms with E-state index in [0.717, 1.165) is 63.2 Å². The number of benzene rings is 2. The number of pyridine rings is 1. The average molecular weight is 471 g/mol. The molecule has 1 heterocycles. The lowest BCUT2D eigenvalue weighted by Crippen LogP contribution is -2.14. The molecule has 29 heavy (non-hydrogen) atoms. The van der Waals surface area contributed by atoms with Crippen LogP contribution in [0.4, 0.5) is 0 Å². The molecule has 0 spiro atoms. The number of nitrogens with zero attached hydrogens (tertiary/aromatic N) is 1. The molecule has 0 amide bonds. The predicted molar refractivity (Wildman–Crippen MR) is 118 cm³/mol. The molecule has 2 saturated carbocycles. The van der Waals surface area contributed by atoms with Gasteiger partial charge in [0, 0.05) is 33.0 Å². The Bertz CT molecular complexity index is 1050. The summed E-state index contributed by atoms with van der Waals surface area (Å²) < 4.78 is 13.6. The molecule has 0 N–H and O–H groups in total. The summed E-state index contributed by atoms with van der Waals surface area (Å²) in [5.74, 6) is 0.938. The van der Waals surface area contributed by atoms with E-state index < -0.39 is 0 Å². The third-order valence-corrected chi connectivity index (χ3v) is 6.39. The zero-order valence-electron chi connectivity index (χ0n) is 15.9. The predicted octanol–water partition coefficient (Wildman–Crippen LogP) is 6.91. The fourth-order valence-electron chi connectivity index (χ4n) is 3.62. The molecule has 2 aromatic carbocycles. The Hall–Kier alpha value is -1.88. The van der Waals surface area contributed by atoms with Crippen LogP contribution in [0.25, 0.3) is 11.1 Å². The van der Waals surface area contributed by atoms with Gasteiger partial charge in [0.1, 0.15) is 5.75 Å². The number of para-hydroxylation sites is 1. The van der Waals surface area contributed by atoms with E-state index in [1.165, 1.54) is 0 Å². The van der Waals surface area contributed by atoms with Crippen LogP contribution in [-0.4, -0.2) is 11.1 Å². The minimum Gasteiger partial charge on any atom is -0.490 e. The molecule has 5 rings (SSSR count). The first-order valence-corrected chi connectivity index (χ1v) is 11.1. The fraction of sp³-hybridized carbons (Fsp3) is 0.292. The zero-order chi connectivity index (χ0) is 19.8. The van der Waals surface area contributed by atoms with Gasteiger partial charge in [-0.1, -0.05) is 45.7 Å². The van der Waals surface area contributed by atoms with Crippen molar-refractivity contribution < 1.29 is 9.47 Å². The molecule has 0 bridgehead atoms. The van der Waals surface area contributed by atoms with Crippen molar-refractivity contribution in [3.05, 3.63) is 81.5 Å². The molecule has 0 radical (unpaired) electrons. The Labute approximate surface area is 184 Å². The highest BCUT2D eigenvalue weighted by atomic mass is 79.9.